The molecule has 8 nitrogen and oxygen atoms in total. The molecule has 0 unspecified atom stereocenters. The number of fused-ring (bicyclic) bond motifs is 1. The number of nitrogens with zero attached hydrogens (tertiary/aromatic N) is 5. The number of halogens is 1. The van der Waals surface area contributed by atoms with Gasteiger partial charge in [0, 0.05) is 23.3 Å². The van der Waals surface area contributed by atoms with Crippen molar-refractivity contribution < 1.29 is 9.32 Å². The summed E-state index contributed by atoms with van der Waals surface area (Å²) in [6, 6.07) is 16.4. The monoisotopic (exact) mass is 491 g/mol. The van der Waals surface area contributed by atoms with Crippen LogP contribution in [0.25, 0.3) is 32.4 Å². The fourth-order valence-corrected chi connectivity index (χ4v) is 4.74. The molecule has 0 atom stereocenters. The summed E-state index contributed by atoms with van der Waals surface area (Å²) in [5.41, 5.74) is 1.90. The number of aryl methyl sites for hydroxylation is 1. The molecule has 10 heteroatoms. The van der Waals surface area contributed by atoms with Crippen LogP contribution in [0.3, 0.4) is 0 Å². The zero-order valence-corrected chi connectivity index (χ0v) is 19.8. The third-order valence-electron chi connectivity index (χ3n) is 5.46. The minimum Gasteiger partial charge on any atom is -0.333 e. The van der Waals surface area contributed by atoms with Gasteiger partial charge in [-0.25, -0.2) is 4.98 Å². The van der Waals surface area contributed by atoms with Crippen molar-refractivity contribution in [3.63, 3.8) is 0 Å². The second-order valence-electron chi connectivity index (χ2n) is 7.63. The van der Waals surface area contributed by atoms with E-state index in [4.69, 9.17) is 16.1 Å². The first kappa shape index (κ1) is 22.0. The van der Waals surface area contributed by atoms with E-state index in [0.29, 0.717) is 37.4 Å². The smallest absolute Gasteiger partial charge is 0.268 e. The van der Waals surface area contributed by atoms with Crippen LogP contribution in [-0.4, -0.2) is 32.6 Å². The zero-order chi connectivity index (χ0) is 23.8. The van der Waals surface area contributed by atoms with Gasteiger partial charge in [-0.05, 0) is 48.9 Å². The molecule has 0 saturated carbocycles. The van der Waals surface area contributed by atoms with Crippen molar-refractivity contribution in [2.45, 2.75) is 13.5 Å². The van der Waals surface area contributed by atoms with E-state index >= 15 is 0 Å². The number of aromatic nitrogens is 4. The lowest BCUT2D eigenvalue weighted by molar-refractivity contribution is -0.118. The number of hydrogen-bond acceptors (Lipinski definition) is 7. The third-order valence-corrected chi connectivity index (χ3v) is 6.90. The standard InChI is InChI=1S/C24H18ClN5O3S/c1-14-19-23(34-20(14)22-27-21(28-33-22)15-8-10-16(25)11-9-15)26-13-30(24(19)32)12-18(31)29(2)17-6-4-3-5-7-17/h3-11,13H,12H2,1-2H3. The molecule has 0 fully saturated rings. The van der Waals surface area contributed by atoms with Gasteiger partial charge in [0.2, 0.25) is 11.7 Å². The van der Waals surface area contributed by atoms with Gasteiger partial charge in [-0.3, -0.25) is 14.2 Å². The lowest BCUT2D eigenvalue weighted by atomic mass is 10.2. The largest absolute Gasteiger partial charge is 0.333 e. The Morgan fingerprint density at radius 2 is 1.88 bits per heavy atom. The molecule has 3 heterocycles. The molecule has 34 heavy (non-hydrogen) atoms. The molecule has 170 valence electrons. The van der Waals surface area contributed by atoms with E-state index in [1.54, 1.807) is 31.3 Å². The van der Waals surface area contributed by atoms with Crippen LogP contribution in [0.1, 0.15) is 5.56 Å². The maximum atomic E-state index is 13.2. The van der Waals surface area contributed by atoms with Gasteiger partial charge in [0.1, 0.15) is 11.4 Å². The molecular formula is C24H18ClN5O3S. The maximum absolute atomic E-state index is 13.2. The van der Waals surface area contributed by atoms with Crippen molar-refractivity contribution in [3.8, 4) is 22.2 Å². The highest BCUT2D eigenvalue weighted by molar-refractivity contribution is 7.22. The Hall–Kier alpha value is -3.82. The highest BCUT2D eigenvalue weighted by atomic mass is 35.5. The van der Waals surface area contributed by atoms with Crippen LogP contribution >= 0.6 is 22.9 Å². The van der Waals surface area contributed by atoms with Crippen LogP contribution in [0.2, 0.25) is 5.02 Å². The van der Waals surface area contributed by atoms with Crippen LogP contribution < -0.4 is 10.5 Å². The van der Waals surface area contributed by atoms with Gasteiger partial charge in [0.25, 0.3) is 11.4 Å². The average Bonchev–Trinajstić information content (AvgIpc) is 3.46. The Balaban J connectivity index is 1.46. The van der Waals surface area contributed by atoms with Gasteiger partial charge in [0.05, 0.1) is 16.6 Å². The molecule has 1 amide bonds. The first-order chi connectivity index (χ1) is 16.4. The van der Waals surface area contributed by atoms with Crippen molar-refractivity contribution in [2.75, 3.05) is 11.9 Å². The Bertz CT molecular complexity index is 1560. The quantitative estimate of drug-likeness (QED) is 0.350. The average molecular weight is 492 g/mol. The summed E-state index contributed by atoms with van der Waals surface area (Å²) in [7, 11) is 1.68. The van der Waals surface area contributed by atoms with E-state index in [1.807, 2.05) is 37.3 Å². The fraction of sp³-hybridized carbons (Fsp3) is 0.125. The minimum absolute atomic E-state index is 0.126. The first-order valence-electron chi connectivity index (χ1n) is 10.3. The highest BCUT2D eigenvalue weighted by Crippen LogP contribution is 2.35. The number of hydrogen-bond donors (Lipinski definition) is 0. The molecular weight excluding hydrogens is 474 g/mol. The Morgan fingerprint density at radius 1 is 1.15 bits per heavy atom. The summed E-state index contributed by atoms with van der Waals surface area (Å²) in [6.07, 6.45) is 1.40. The molecule has 5 aromatic rings. The van der Waals surface area contributed by atoms with E-state index in [1.165, 1.54) is 27.1 Å². The van der Waals surface area contributed by atoms with Gasteiger partial charge in [-0.2, -0.15) is 4.98 Å². The molecule has 0 aliphatic rings. The van der Waals surface area contributed by atoms with Crippen molar-refractivity contribution in [1.29, 1.82) is 0 Å². The van der Waals surface area contributed by atoms with Crippen LogP contribution in [0.4, 0.5) is 5.69 Å². The van der Waals surface area contributed by atoms with Crippen LogP contribution in [-0.2, 0) is 11.3 Å². The molecule has 0 spiro atoms. The number of rotatable bonds is 5. The number of para-hydroxylation sites is 1. The van der Waals surface area contributed by atoms with E-state index < -0.39 is 0 Å². The Kier molecular flexibility index (Phi) is 5.72. The third kappa shape index (κ3) is 4.00. The van der Waals surface area contributed by atoms with Crippen LogP contribution in [0.5, 0.6) is 0 Å². The van der Waals surface area contributed by atoms with E-state index in [2.05, 4.69) is 15.1 Å². The second-order valence-corrected chi connectivity index (χ2v) is 9.07. The minimum atomic E-state index is -0.294. The molecule has 0 saturated heterocycles. The summed E-state index contributed by atoms with van der Waals surface area (Å²) in [5, 5.41) is 5.10. The summed E-state index contributed by atoms with van der Waals surface area (Å²) in [6.45, 7) is 1.69. The molecule has 0 aliphatic carbocycles. The molecule has 0 radical (unpaired) electrons. The number of amides is 1. The van der Waals surface area contributed by atoms with Gasteiger partial charge in [-0.1, -0.05) is 35.0 Å². The van der Waals surface area contributed by atoms with E-state index in [-0.39, 0.29) is 18.0 Å². The predicted octanol–water partition coefficient (Wildman–Crippen LogP) is 4.80. The van der Waals surface area contributed by atoms with Crippen molar-refractivity contribution in [3.05, 3.63) is 81.9 Å². The maximum Gasteiger partial charge on any atom is 0.268 e. The normalized spacial score (nSPS) is 11.1. The number of thiophene rings is 1. The number of anilines is 1. The summed E-state index contributed by atoms with van der Waals surface area (Å²) >= 11 is 7.24. The van der Waals surface area contributed by atoms with Gasteiger partial charge in [0.15, 0.2) is 0 Å². The number of benzene rings is 2. The number of carbonyl (C=O) groups is 1. The molecule has 0 aliphatic heterocycles. The molecule has 2 aromatic carbocycles. The SMILES string of the molecule is Cc1c(-c2nc(-c3ccc(Cl)cc3)no2)sc2ncn(CC(=O)N(C)c3ccccc3)c(=O)c12. The summed E-state index contributed by atoms with van der Waals surface area (Å²) in [4.78, 5) is 37.6. The Labute approximate surface area is 203 Å². The van der Waals surface area contributed by atoms with Crippen LogP contribution in [0.15, 0.2) is 70.2 Å². The van der Waals surface area contributed by atoms with Crippen LogP contribution in [0, 0.1) is 6.92 Å². The van der Waals surface area contributed by atoms with E-state index in [9.17, 15) is 9.59 Å². The Morgan fingerprint density at radius 3 is 2.62 bits per heavy atom. The van der Waals surface area contributed by atoms with Crippen molar-refractivity contribution in [1.82, 2.24) is 19.7 Å². The second kappa shape index (κ2) is 8.85. The predicted molar refractivity (Wildman–Crippen MR) is 132 cm³/mol. The zero-order valence-electron chi connectivity index (χ0n) is 18.2. The van der Waals surface area contributed by atoms with Gasteiger partial charge < -0.3 is 9.42 Å². The fourth-order valence-electron chi connectivity index (χ4n) is 3.56. The first-order valence-corrected chi connectivity index (χ1v) is 11.5. The number of likely N-dealkylation sites (N-methyl/N-ethyl adjacent to an activating group) is 1. The lowest BCUT2D eigenvalue weighted by Gasteiger charge is -2.17. The topological polar surface area (TPSA) is 94.1 Å². The van der Waals surface area contributed by atoms with Gasteiger partial charge in [-0.15, -0.1) is 11.3 Å². The van der Waals surface area contributed by atoms with Gasteiger partial charge >= 0.3 is 0 Å². The number of carbonyl (C=O) groups excluding carboxylic acids is 1. The summed E-state index contributed by atoms with van der Waals surface area (Å²) in [5.74, 6) is 0.492. The molecule has 0 bridgehead atoms. The molecule has 3 aromatic heterocycles. The van der Waals surface area contributed by atoms with E-state index in [0.717, 1.165) is 11.3 Å². The lowest BCUT2D eigenvalue weighted by Crippen LogP contribution is -2.34. The molecule has 0 N–H and O–H groups in total. The summed E-state index contributed by atoms with van der Waals surface area (Å²) < 4.78 is 6.80. The molecule has 5 rings (SSSR count). The van der Waals surface area contributed by atoms with Crippen molar-refractivity contribution in [2.24, 2.45) is 0 Å². The van der Waals surface area contributed by atoms with Crippen molar-refractivity contribution >= 4 is 44.7 Å². The highest BCUT2D eigenvalue weighted by Gasteiger charge is 2.21.